The van der Waals surface area contributed by atoms with Crippen LogP contribution in [0.1, 0.15) is 34.6 Å². The second kappa shape index (κ2) is 9.50. The Kier molecular flexibility index (Phi) is 9.88. The molecule has 0 aromatic carbocycles. The Balaban J connectivity index is 0. The molecule has 98 valence electrons. The molecule has 0 aliphatic rings. The SMILES string of the molecule is CC(=O)CNC(C)=O.CC(=O)N[C@@H](C)C(C)=O. The van der Waals surface area contributed by atoms with Gasteiger partial charge in [0.25, 0.3) is 0 Å². The van der Waals surface area contributed by atoms with Crippen LogP contribution in [0.2, 0.25) is 0 Å². The lowest BCUT2D eigenvalue weighted by atomic mass is 10.2. The van der Waals surface area contributed by atoms with E-state index in [0.29, 0.717) is 0 Å². The second-order valence-corrected chi connectivity index (χ2v) is 3.64. The molecule has 0 aromatic heterocycles. The Labute approximate surface area is 101 Å². The van der Waals surface area contributed by atoms with Crippen LogP contribution in [0.5, 0.6) is 0 Å². The van der Waals surface area contributed by atoms with Crippen LogP contribution in [0.25, 0.3) is 0 Å². The summed E-state index contributed by atoms with van der Waals surface area (Å²) in [5.74, 6) is -0.386. The van der Waals surface area contributed by atoms with E-state index in [1.165, 1.54) is 27.7 Å². The summed E-state index contributed by atoms with van der Waals surface area (Å²) in [6.07, 6.45) is 0. The normalized spacial score (nSPS) is 10.4. The molecule has 0 bridgehead atoms. The van der Waals surface area contributed by atoms with Gasteiger partial charge in [0.1, 0.15) is 5.78 Å². The van der Waals surface area contributed by atoms with Crippen molar-refractivity contribution in [2.45, 2.75) is 40.7 Å². The molecule has 0 spiro atoms. The Morgan fingerprint density at radius 2 is 1.41 bits per heavy atom. The van der Waals surface area contributed by atoms with Crippen molar-refractivity contribution in [3.05, 3.63) is 0 Å². The van der Waals surface area contributed by atoms with E-state index in [2.05, 4.69) is 10.6 Å². The van der Waals surface area contributed by atoms with Crippen molar-refractivity contribution in [2.75, 3.05) is 6.54 Å². The van der Waals surface area contributed by atoms with Crippen LogP contribution in [-0.4, -0.2) is 36.0 Å². The molecule has 0 heterocycles. The molecule has 0 rings (SSSR count). The Bertz CT molecular complexity index is 286. The molecule has 6 heteroatoms. The summed E-state index contributed by atoms with van der Waals surface area (Å²) in [6, 6.07) is -0.345. The summed E-state index contributed by atoms with van der Waals surface area (Å²) in [6.45, 7) is 7.44. The van der Waals surface area contributed by atoms with E-state index in [-0.39, 0.29) is 36.0 Å². The molecular formula is C11H20N2O4. The third kappa shape index (κ3) is 16.9. The summed E-state index contributed by atoms with van der Waals surface area (Å²) in [5.41, 5.74) is 0. The maximum Gasteiger partial charge on any atom is 0.217 e. The van der Waals surface area contributed by atoms with Gasteiger partial charge >= 0.3 is 0 Å². The molecule has 0 saturated carbocycles. The minimum Gasteiger partial charge on any atom is -0.349 e. The average molecular weight is 244 g/mol. The summed E-state index contributed by atoms with van der Waals surface area (Å²) in [4.78, 5) is 41.0. The first-order valence-corrected chi connectivity index (χ1v) is 5.18. The summed E-state index contributed by atoms with van der Waals surface area (Å²) < 4.78 is 0. The predicted octanol–water partition coefficient (Wildman–Crippen LogP) is -0.188. The van der Waals surface area contributed by atoms with E-state index >= 15 is 0 Å². The fourth-order valence-electron chi connectivity index (χ4n) is 0.655. The van der Waals surface area contributed by atoms with Gasteiger partial charge in [-0.1, -0.05) is 0 Å². The average Bonchev–Trinajstić information content (AvgIpc) is 2.14. The molecule has 0 aliphatic heterocycles. The van der Waals surface area contributed by atoms with Crippen molar-refractivity contribution < 1.29 is 19.2 Å². The molecule has 0 fully saturated rings. The van der Waals surface area contributed by atoms with Crippen LogP contribution in [-0.2, 0) is 19.2 Å². The van der Waals surface area contributed by atoms with Gasteiger partial charge in [-0.25, -0.2) is 0 Å². The smallest absolute Gasteiger partial charge is 0.217 e. The van der Waals surface area contributed by atoms with Gasteiger partial charge in [-0.05, 0) is 20.8 Å². The van der Waals surface area contributed by atoms with Crippen molar-refractivity contribution in [3.63, 3.8) is 0 Å². The number of ketones is 2. The lowest BCUT2D eigenvalue weighted by Crippen LogP contribution is -2.35. The highest BCUT2D eigenvalue weighted by molar-refractivity contribution is 5.86. The molecule has 0 saturated heterocycles. The van der Waals surface area contributed by atoms with Crippen LogP contribution in [0.4, 0.5) is 0 Å². The van der Waals surface area contributed by atoms with Gasteiger partial charge < -0.3 is 10.6 Å². The van der Waals surface area contributed by atoms with Crippen molar-refractivity contribution in [2.24, 2.45) is 0 Å². The monoisotopic (exact) mass is 244 g/mol. The summed E-state index contributed by atoms with van der Waals surface area (Å²) in [7, 11) is 0. The topological polar surface area (TPSA) is 92.3 Å². The first kappa shape index (κ1) is 17.7. The number of carbonyl (C=O) groups excluding carboxylic acids is 4. The van der Waals surface area contributed by atoms with Gasteiger partial charge in [-0.3, -0.25) is 19.2 Å². The number of amides is 2. The lowest BCUT2D eigenvalue weighted by Gasteiger charge is -2.06. The van der Waals surface area contributed by atoms with Gasteiger partial charge in [-0.15, -0.1) is 0 Å². The minimum atomic E-state index is -0.345. The Morgan fingerprint density at radius 1 is 0.941 bits per heavy atom. The lowest BCUT2D eigenvalue weighted by molar-refractivity contribution is -0.125. The second-order valence-electron chi connectivity index (χ2n) is 3.64. The quantitative estimate of drug-likeness (QED) is 0.717. The van der Waals surface area contributed by atoms with E-state index < -0.39 is 0 Å². The van der Waals surface area contributed by atoms with E-state index in [1.807, 2.05) is 0 Å². The maximum atomic E-state index is 10.5. The number of Topliss-reactive ketones (excluding diaryl/α,β-unsaturated/α-hetero) is 2. The highest BCUT2D eigenvalue weighted by Gasteiger charge is 2.06. The van der Waals surface area contributed by atoms with E-state index in [0.717, 1.165) is 0 Å². The van der Waals surface area contributed by atoms with E-state index in [1.54, 1.807) is 6.92 Å². The molecule has 0 radical (unpaired) electrons. The van der Waals surface area contributed by atoms with E-state index in [9.17, 15) is 19.2 Å². The van der Waals surface area contributed by atoms with Gasteiger partial charge in [0.05, 0.1) is 12.6 Å². The fraction of sp³-hybridized carbons (Fsp3) is 0.636. The third-order valence-corrected chi connectivity index (χ3v) is 1.62. The molecule has 6 nitrogen and oxygen atoms in total. The minimum absolute atomic E-state index is 0.0230. The van der Waals surface area contributed by atoms with Crippen LogP contribution in [0, 0.1) is 0 Å². The molecule has 2 N–H and O–H groups in total. The zero-order chi connectivity index (χ0) is 14.0. The Hall–Kier alpha value is -1.72. The van der Waals surface area contributed by atoms with Gasteiger partial charge in [0, 0.05) is 13.8 Å². The third-order valence-electron chi connectivity index (χ3n) is 1.62. The van der Waals surface area contributed by atoms with Crippen LogP contribution in [0.15, 0.2) is 0 Å². The molecule has 0 aromatic rings. The van der Waals surface area contributed by atoms with Crippen LogP contribution in [0.3, 0.4) is 0 Å². The standard InChI is InChI=1S/C6H11NO2.C5H9NO2/c1-4(5(2)8)7-6(3)9;1-4(7)3-6-5(2)8/h4H,1-3H3,(H,7,9);3H2,1-2H3,(H,6,8)/t4-;/m0./s1. The van der Waals surface area contributed by atoms with E-state index in [4.69, 9.17) is 0 Å². The number of hydrogen-bond donors (Lipinski definition) is 2. The molecule has 1 atom stereocenters. The van der Waals surface area contributed by atoms with Gasteiger partial charge in [0.2, 0.25) is 11.8 Å². The number of hydrogen-bond acceptors (Lipinski definition) is 4. The number of nitrogens with one attached hydrogen (secondary N) is 2. The van der Waals surface area contributed by atoms with Crippen molar-refractivity contribution in [1.29, 1.82) is 0 Å². The predicted molar refractivity (Wildman–Crippen MR) is 63.3 cm³/mol. The highest BCUT2D eigenvalue weighted by Crippen LogP contribution is 1.81. The molecule has 0 aliphatic carbocycles. The first-order chi connectivity index (χ1) is 7.66. The molecule has 2 amide bonds. The zero-order valence-electron chi connectivity index (χ0n) is 10.9. The zero-order valence-corrected chi connectivity index (χ0v) is 10.9. The largest absolute Gasteiger partial charge is 0.349 e. The molecule has 0 unspecified atom stereocenters. The van der Waals surface area contributed by atoms with Gasteiger partial charge in [-0.2, -0.15) is 0 Å². The van der Waals surface area contributed by atoms with Crippen molar-refractivity contribution in [1.82, 2.24) is 10.6 Å². The van der Waals surface area contributed by atoms with Crippen LogP contribution < -0.4 is 10.6 Å². The summed E-state index contributed by atoms with van der Waals surface area (Å²) >= 11 is 0. The first-order valence-electron chi connectivity index (χ1n) is 5.18. The molecular weight excluding hydrogens is 224 g/mol. The fourth-order valence-corrected chi connectivity index (χ4v) is 0.655. The summed E-state index contributed by atoms with van der Waals surface area (Å²) in [5, 5.41) is 4.81. The molecule has 17 heavy (non-hydrogen) atoms. The van der Waals surface area contributed by atoms with Gasteiger partial charge in [0.15, 0.2) is 5.78 Å². The maximum absolute atomic E-state index is 10.5. The van der Waals surface area contributed by atoms with Crippen LogP contribution >= 0.6 is 0 Å². The van der Waals surface area contributed by atoms with Crippen molar-refractivity contribution in [3.8, 4) is 0 Å². The number of rotatable bonds is 4. The highest BCUT2D eigenvalue weighted by atomic mass is 16.2. The number of carbonyl (C=O) groups is 4. The van der Waals surface area contributed by atoms with Crippen molar-refractivity contribution >= 4 is 23.4 Å². The Morgan fingerprint density at radius 3 is 1.53 bits per heavy atom.